The number of hydrogen-bond acceptors (Lipinski definition) is 13. The number of alkyl carbamates (subject to hydrolysis) is 1. The highest BCUT2D eigenvalue weighted by molar-refractivity contribution is 8.13. The van der Waals surface area contributed by atoms with Gasteiger partial charge < -0.3 is 25.3 Å². The summed E-state index contributed by atoms with van der Waals surface area (Å²) in [5.41, 5.74) is 7.12. The summed E-state index contributed by atoms with van der Waals surface area (Å²) in [5, 5.41) is 5.52. The SMILES string of the molecule is CCOC(=O)NCCC(C)(C)C(=O)SCCOP(=O)(NCc1ccccc1)OC[C@@H]1C[C@H](C)[C@H](n2cnc3c(OCC)nc(N)nc32)O1. The molecule has 264 valence electrons. The molecular formula is C31H46N7O8PS. The Morgan fingerprint density at radius 3 is 2.67 bits per heavy atom. The summed E-state index contributed by atoms with van der Waals surface area (Å²) in [6.07, 6.45) is 1.33. The number of carbonyl (C=O) groups is 2. The zero-order chi connectivity index (χ0) is 34.7. The van der Waals surface area contributed by atoms with Crippen molar-refractivity contribution in [3.63, 3.8) is 0 Å². The van der Waals surface area contributed by atoms with E-state index in [-0.39, 0.29) is 49.1 Å². The molecule has 1 unspecified atom stereocenters. The van der Waals surface area contributed by atoms with Crippen molar-refractivity contribution in [2.24, 2.45) is 11.3 Å². The van der Waals surface area contributed by atoms with Crippen LogP contribution in [-0.4, -0.2) is 75.6 Å². The molecule has 1 amide bonds. The summed E-state index contributed by atoms with van der Waals surface area (Å²) in [7, 11) is -3.82. The van der Waals surface area contributed by atoms with Gasteiger partial charge in [-0.2, -0.15) is 9.97 Å². The number of carbonyl (C=O) groups excluding carboxylic acids is 2. The van der Waals surface area contributed by atoms with Gasteiger partial charge in [0.25, 0.3) is 0 Å². The van der Waals surface area contributed by atoms with E-state index in [4.69, 9.17) is 29.0 Å². The maximum atomic E-state index is 13.9. The summed E-state index contributed by atoms with van der Waals surface area (Å²) in [6, 6.07) is 9.48. The maximum Gasteiger partial charge on any atom is 0.407 e. The quantitative estimate of drug-likeness (QED) is 0.117. The van der Waals surface area contributed by atoms with Crippen LogP contribution in [0.2, 0.25) is 0 Å². The molecule has 4 atom stereocenters. The van der Waals surface area contributed by atoms with E-state index in [2.05, 4.69) is 25.4 Å². The van der Waals surface area contributed by atoms with Crippen LogP contribution >= 0.6 is 19.5 Å². The summed E-state index contributed by atoms with van der Waals surface area (Å²) in [6.45, 7) is 10.5. The van der Waals surface area contributed by atoms with Gasteiger partial charge in [0.15, 0.2) is 16.3 Å². The van der Waals surface area contributed by atoms with Gasteiger partial charge in [-0.15, -0.1) is 0 Å². The first-order valence-electron chi connectivity index (χ1n) is 16.0. The van der Waals surface area contributed by atoms with Crippen LogP contribution in [0.3, 0.4) is 0 Å². The second-order valence-corrected chi connectivity index (χ2v) is 14.8. The van der Waals surface area contributed by atoms with Crippen molar-refractivity contribution in [2.75, 3.05) is 44.5 Å². The first-order valence-corrected chi connectivity index (χ1v) is 18.5. The van der Waals surface area contributed by atoms with Crippen LogP contribution in [0.4, 0.5) is 10.7 Å². The molecule has 1 fully saturated rings. The fourth-order valence-corrected chi connectivity index (χ4v) is 7.33. The minimum Gasteiger partial charge on any atom is -0.476 e. The van der Waals surface area contributed by atoms with Gasteiger partial charge in [0.2, 0.25) is 11.8 Å². The minimum atomic E-state index is -3.82. The van der Waals surface area contributed by atoms with Gasteiger partial charge in [-0.3, -0.25) is 18.4 Å². The highest BCUT2D eigenvalue weighted by atomic mass is 32.2. The van der Waals surface area contributed by atoms with E-state index >= 15 is 0 Å². The van der Waals surface area contributed by atoms with Gasteiger partial charge in [0.1, 0.15) is 6.23 Å². The van der Waals surface area contributed by atoms with Crippen molar-refractivity contribution in [1.29, 1.82) is 0 Å². The molecule has 1 aliphatic heterocycles. The molecular weight excluding hydrogens is 661 g/mol. The van der Waals surface area contributed by atoms with E-state index in [0.29, 0.717) is 43.0 Å². The molecule has 48 heavy (non-hydrogen) atoms. The monoisotopic (exact) mass is 707 g/mol. The van der Waals surface area contributed by atoms with Gasteiger partial charge >= 0.3 is 13.8 Å². The molecule has 1 saturated heterocycles. The Morgan fingerprint density at radius 2 is 1.94 bits per heavy atom. The largest absolute Gasteiger partial charge is 0.476 e. The maximum absolute atomic E-state index is 13.9. The van der Waals surface area contributed by atoms with Crippen LogP contribution in [0.25, 0.3) is 11.2 Å². The lowest BCUT2D eigenvalue weighted by molar-refractivity contribution is -0.118. The van der Waals surface area contributed by atoms with Gasteiger partial charge in [-0.25, -0.2) is 19.4 Å². The van der Waals surface area contributed by atoms with Crippen LogP contribution in [0.5, 0.6) is 5.88 Å². The zero-order valence-electron chi connectivity index (χ0n) is 28.0. The number of fused-ring (bicyclic) bond motifs is 1. The topological polar surface area (TPSA) is 191 Å². The second kappa shape index (κ2) is 17.4. The van der Waals surface area contributed by atoms with Crippen molar-refractivity contribution in [1.82, 2.24) is 29.9 Å². The third-order valence-corrected chi connectivity index (χ3v) is 10.3. The summed E-state index contributed by atoms with van der Waals surface area (Å²) < 4.78 is 44.3. The number of nitrogen functional groups attached to an aromatic ring is 1. The van der Waals surface area contributed by atoms with Crippen molar-refractivity contribution in [3.8, 4) is 5.88 Å². The number of ether oxygens (including phenoxy) is 3. The Hall–Kier alpha value is -3.27. The van der Waals surface area contributed by atoms with Crippen molar-refractivity contribution in [2.45, 2.75) is 66.3 Å². The average molecular weight is 708 g/mol. The molecule has 0 radical (unpaired) electrons. The summed E-state index contributed by atoms with van der Waals surface area (Å²) in [4.78, 5) is 37.4. The molecule has 2 aromatic heterocycles. The average Bonchev–Trinajstić information content (AvgIpc) is 3.64. The van der Waals surface area contributed by atoms with Crippen LogP contribution in [0.15, 0.2) is 36.7 Å². The molecule has 0 aliphatic carbocycles. The fraction of sp³-hybridized carbons (Fsp3) is 0.581. The van der Waals surface area contributed by atoms with E-state index in [1.165, 1.54) is 0 Å². The number of nitrogens with one attached hydrogen (secondary N) is 2. The smallest absolute Gasteiger partial charge is 0.407 e. The highest BCUT2D eigenvalue weighted by Crippen LogP contribution is 2.46. The van der Waals surface area contributed by atoms with Crippen molar-refractivity contribution in [3.05, 3.63) is 42.2 Å². The number of imidazole rings is 1. The van der Waals surface area contributed by atoms with Crippen LogP contribution in [-0.2, 0) is 34.4 Å². The molecule has 0 saturated carbocycles. The summed E-state index contributed by atoms with van der Waals surface area (Å²) in [5.74, 6) is 0.671. The Balaban J connectivity index is 1.34. The number of aromatic nitrogens is 4. The minimum absolute atomic E-state index is 0.000423. The van der Waals surface area contributed by atoms with E-state index < -0.39 is 31.6 Å². The van der Waals surface area contributed by atoms with Gasteiger partial charge in [-0.05, 0) is 32.3 Å². The number of nitrogens with two attached hydrogens (primary N) is 1. The molecule has 4 N–H and O–H groups in total. The predicted molar refractivity (Wildman–Crippen MR) is 182 cm³/mol. The molecule has 0 spiro atoms. The van der Waals surface area contributed by atoms with E-state index in [0.717, 1.165) is 17.3 Å². The predicted octanol–water partition coefficient (Wildman–Crippen LogP) is 5.08. The molecule has 17 heteroatoms. The summed E-state index contributed by atoms with van der Waals surface area (Å²) >= 11 is 1.08. The van der Waals surface area contributed by atoms with Gasteiger partial charge in [0, 0.05) is 30.2 Å². The Bertz CT molecular complexity index is 1560. The number of hydrogen-bond donors (Lipinski definition) is 3. The second-order valence-electron chi connectivity index (χ2n) is 11.9. The number of nitrogens with zero attached hydrogens (tertiary/aromatic N) is 4. The molecule has 4 rings (SSSR count). The molecule has 1 aromatic carbocycles. The highest BCUT2D eigenvalue weighted by Gasteiger charge is 2.37. The number of thioether (sulfide) groups is 1. The number of rotatable bonds is 18. The molecule has 3 aromatic rings. The van der Waals surface area contributed by atoms with Crippen LogP contribution in [0.1, 0.15) is 59.3 Å². The number of amides is 1. The first kappa shape index (κ1) is 37.5. The Morgan fingerprint density at radius 1 is 1.17 bits per heavy atom. The van der Waals surface area contributed by atoms with Crippen molar-refractivity contribution < 1.29 is 37.4 Å². The molecule has 1 aliphatic rings. The van der Waals surface area contributed by atoms with E-state index in [9.17, 15) is 14.2 Å². The number of benzene rings is 1. The molecule has 3 heterocycles. The fourth-order valence-electron chi connectivity index (χ4n) is 5.04. The molecule has 0 bridgehead atoms. The van der Waals surface area contributed by atoms with Crippen LogP contribution < -0.4 is 20.9 Å². The normalized spacial score (nSPS) is 19.2. The lowest BCUT2D eigenvalue weighted by atomic mass is 9.91. The zero-order valence-corrected chi connectivity index (χ0v) is 29.8. The van der Waals surface area contributed by atoms with Gasteiger partial charge in [-0.1, -0.05) is 62.9 Å². The lowest BCUT2D eigenvalue weighted by Crippen LogP contribution is -2.31. The van der Waals surface area contributed by atoms with Gasteiger partial charge in [0.05, 0.1) is 38.9 Å². The van der Waals surface area contributed by atoms with Crippen LogP contribution in [0, 0.1) is 11.3 Å². The third-order valence-electron chi connectivity index (χ3n) is 7.59. The number of anilines is 1. The van der Waals surface area contributed by atoms with E-state index in [1.807, 2.05) is 58.0 Å². The van der Waals surface area contributed by atoms with Crippen molar-refractivity contribution >= 4 is 47.8 Å². The lowest BCUT2D eigenvalue weighted by Gasteiger charge is -2.23. The Labute approximate surface area is 285 Å². The third kappa shape index (κ3) is 10.4. The van der Waals surface area contributed by atoms with E-state index in [1.54, 1.807) is 17.8 Å². The standard InChI is InChI=1S/C31H46N7O8PS/c1-6-42-26-24-25(36-29(32)37-26)38(20-34-24)27-21(3)17-23(46-27)19-45-47(41,35-18-22-11-9-8-10-12-22)44-15-16-48-28(39)31(4,5)13-14-33-30(40)43-7-2/h8-12,20-21,23,27H,6-7,13-19H2,1-5H3,(H,33,40)(H,35,41)(H2,32,36,37)/t21-,23-,27+,47?/m0/s1. The molecule has 15 nitrogen and oxygen atoms in total. The Kier molecular flexibility index (Phi) is 13.6. The first-order chi connectivity index (χ1) is 22.9.